The Labute approximate surface area is 89.5 Å². The number of rotatable bonds is 4. The van der Waals surface area contributed by atoms with E-state index < -0.39 is 0 Å². The Morgan fingerprint density at radius 3 is 2.86 bits per heavy atom. The first-order chi connectivity index (χ1) is 6.79. The summed E-state index contributed by atoms with van der Waals surface area (Å²) in [5.74, 6) is 0. The Kier molecular flexibility index (Phi) is 3.21. The van der Waals surface area contributed by atoms with Gasteiger partial charge in [0.05, 0.1) is 0 Å². The highest BCUT2D eigenvalue weighted by atomic mass is 32.1. The maximum absolute atomic E-state index is 6.24. The summed E-state index contributed by atoms with van der Waals surface area (Å²) in [5.41, 5.74) is 6.32. The van der Waals surface area contributed by atoms with Gasteiger partial charge >= 0.3 is 0 Å². The predicted molar refractivity (Wildman–Crippen MR) is 61.4 cm³/mol. The highest BCUT2D eigenvalue weighted by Gasteiger charge is 2.28. The second kappa shape index (κ2) is 4.43. The van der Waals surface area contributed by atoms with Crippen LogP contribution >= 0.6 is 11.3 Å². The molecule has 1 aromatic rings. The molecule has 3 N–H and O–H groups in total. The summed E-state index contributed by atoms with van der Waals surface area (Å²) in [7, 11) is 0. The Bertz CT molecular complexity index is 263. The van der Waals surface area contributed by atoms with E-state index in [1.165, 1.54) is 30.6 Å². The van der Waals surface area contributed by atoms with Gasteiger partial charge in [0.1, 0.15) is 0 Å². The summed E-state index contributed by atoms with van der Waals surface area (Å²) < 4.78 is 0. The summed E-state index contributed by atoms with van der Waals surface area (Å²) in [6.07, 6.45) is 4.98. The van der Waals surface area contributed by atoms with Crippen LogP contribution in [0.15, 0.2) is 17.5 Å². The van der Waals surface area contributed by atoms with Crippen molar-refractivity contribution in [2.75, 3.05) is 6.54 Å². The molecule has 0 spiro atoms. The van der Waals surface area contributed by atoms with Gasteiger partial charge in [0.25, 0.3) is 0 Å². The fourth-order valence-electron chi connectivity index (χ4n) is 2.10. The minimum Gasteiger partial charge on any atom is -0.324 e. The second-order valence-corrected chi connectivity index (χ2v) is 5.28. The fraction of sp³-hybridized carbons (Fsp3) is 0.636. The lowest BCUT2D eigenvalue weighted by Gasteiger charge is -2.23. The molecule has 2 rings (SSSR count). The van der Waals surface area contributed by atoms with E-state index in [0.717, 1.165) is 13.1 Å². The van der Waals surface area contributed by atoms with Gasteiger partial charge in [-0.05, 0) is 24.3 Å². The number of nitrogens with one attached hydrogen (secondary N) is 1. The highest BCUT2D eigenvalue weighted by molar-refractivity contribution is 7.09. The summed E-state index contributed by atoms with van der Waals surface area (Å²) >= 11 is 1.80. The maximum atomic E-state index is 6.24. The van der Waals surface area contributed by atoms with Crippen LogP contribution in [0.1, 0.15) is 30.6 Å². The van der Waals surface area contributed by atoms with Crippen molar-refractivity contribution >= 4 is 11.3 Å². The quantitative estimate of drug-likeness (QED) is 0.799. The molecule has 1 fully saturated rings. The molecule has 2 nitrogen and oxygen atoms in total. The van der Waals surface area contributed by atoms with Crippen molar-refractivity contribution in [3.63, 3.8) is 0 Å². The van der Waals surface area contributed by atoms with Crippen LogP contribution in [0.2, 0.25) is 0 Å². The van der Waals surface area contributed by atoms with Crippen LogP contribution in [0.4, 0.5) is 0 Å². The molecule has 1 aliphatic carbocycles. The number of hydrogen-bond acceptors (Lipinski definition) is 3. The molecule has 1 heterocycles. The van der Waals surface area contributed by atoms with E-state index in [1.807, 2.05) is 0 Å². The molecule has 3 heteroatoms. The third kappa shape index (κ3) is 2.56. The van der Waals surface area contributed by atoms with Crippen LogP contribution in [0, 0.1) is 0 Å². The van der Waals surface area contributed by atoms with E-state index in [0.29, 0.717) is 0 Å². The molecule has 0 radical (unpaired) electrons. The smallest absolute Gasteiger partial charge is 0.0300 e. The second-order valence-electron chi connectivity index (χ2n) is 4.25. The Balaban J connectivity index is 1.72. The minimum atomic E-state index is 0.0806. The number of thiophene rings is 1. The van der Waals surface area contributed by atoms with Gasteiger partial charge in [-0.15, -0.1) is 11.3 Å². The number of nitrogens with two attached hydrogens (primary N) is 1. The van der Waals surface area contributed by atoms with Gasteiger partial charge in [-0.2, -0.15) is 0 Å². The monoisotopic (exact) mass is 210 g/mol. The molecule has 0 saturated heterocycles. The Morgan fingerprint density at radius 1 is 1.43 bits per heavy atom. The zero-order chi connectivity index (χ0) is 9.86. The van der Waals surface area contributed by atoms with E-state index in [2.05, 4.69) is 22.8 Å². The Hall–Kier alpha value is -0.380. The van der Waals surface area contributed by atoms with Crippen LogP contribution in [-0.2, 0) is 6.54 Å². The molecule has 78 valence electrons. The van der Waals surface area contributed by atoms with Gasteiger partial charge in [-0.25, -0.2) is 0 Å². The fourth-order valence-corrected chi connectivity index (χ4v) is 2.78. The summed E-state index contributed by atoms with van der Waals surface area (Å²) in [5, 5.41) is 5.57. The van der Waals surface area contributed by atoms with Crippen molar-refractivity contribution in [3.8, 4) is 0 Å². The zero-order valence-corrected chi connectivity index (χ0v) is 9.28. The highest BCUT2D eigenvalue weighted by Crippen LogP contribution is 2.26. The average molecular weight is 210 g/mol. The molecule has 1 aromatic heterocycles. The molecule has 0 unspecified atom stereocenters. The first kappa shape index (κ1) is 10.1. The molecule has 14 heavy (non-hydrogen) atoms. The maximum Gasteiger partial charge on any atom is 0.0300 e. The van der Waals surface area contributed by atoms with Crippen molar-refractivity contribution in [1.29, 1.82) is 0 Å². The summed E-state index contributed by atoms with van der Waals surface area (Å²) in [6.45, 7) is 1.93. The lowest BCUT2D eigenvalue weighted by atomic mass is 9.99. The average Bonchev–Trinajstić information content (AvgIpc) is 2.77. The molecular weight excluding hydrogens is 192 g/mol. The first-order valence-corrected chi connectivity index (χ1v) is 6.18. The van der Waals surface area contributed by atoms with Crippen molar-refractivity contribution < 1.29 is 0 Å². The molecule has 0 amide bonds. The van der Waals surface area contributed by atoms with Crippen molar-refractivity contribution in [3.05, 3.63) is 22.4 Å². The molecule has 0 aliphatic heterocycles. The van der Waals surface area contributed by atoms with Gasteiger partial charge in [0.15, 0.2) is 0 Å². The van der Waals surface area contributed by atoms with Gasteiger partial charge in [-0.3, -0.25) is 0 Å². The zero-order valence-electron chi connectivity index (χ0n) is 8.46. The van der Waals surface area contributed by atoms with Crippen molar-refractivity contribution in [1.82, 2.24) is 5.32 Å². The van der Waals surface area contributed by atoms with E-state index in [4.69, 9.17) is 5.73 Å². The van der Waals surface area contributed by atoms with Crippen LogP contribution in [-0.4, -0.2) is 12.1 Å². The van der Waals surface area contributed by atoms with Crippen LogP contribution in [0.25, 0.3) is 0 Å². The minimum absolute atomic E-state index is 0.0806. The molecule has 0 bridgehead atoms. The van der Waals surface area contributed by atoms with E-state index in [9.17, 15) is 0 Å². The molecule has 0 aromatic carbocycles. The van der Waals surface area contributed by atoms with Crippen molar-refractivity contribution in [2.45, 2.75) is 37.8 Å². The number of hydrogen-bond donors (Lipinski definition) is 2. The van der Waals surface area contributed by atoms with E-state index in [-0.39, 0.29) is 5.54 Å². The molecule has 1 aliphatic rings. The predicted octanol–water partition coefficient (Wildman–Crippen LogP) is 2.11. The molecule has 1 saturated carbocycles. The summed E-state index contributed by atoms with van der Waals surface area (Å²) in [4.78, 5) is 1.39. The van der Waals surface area contributed by atoms with Gasteiger partial charge < -0.3 is 11.1 Å². The van der Waals surface area contributed by atoms with Crippen molar-refractivity contribution in [2.24, 2.45) is 5.73 Å². The van der Waals surface area contributed by atoms with Crippen LogP contribution in [0.5, 0.6) is 0 Å². The third-order valence-electron chi connectivity index (χ3n) is 2.96. The lowest BCUT2D eigenvalue weighted by molar-refractivity contribution is 0.405. The summed E-state index contributed by atoms with van der Waals surface area (Å²) in [6, 6.07) is 4.25. The Morgan fingerprint density at radius 2 is 2.21 bits per heavy atom. The lowest BCUT2D eigenvalue weighted by Crippen LogP contribution is -2.46. The van der Waals surface area contributed by atoms with Gasteiger partial charge in [0.2, 0.25) is 0 Å². The SMILES string of the molecule is NC1(CNCc2cccs2)CCCC1. The van der Waals surface area contributed by atoms with Crippen LogP contribution < -0.4 is 11.1 Å². The van der Waals surface area contributed by atoms with Gasteiger partial charge in [0, 0.05) is 23.5 Å². The standard InChI is InChI=1S/C11H18N2S/c12-11(5-1-2-6-11)9-13-8-10-4-3-7-14-10/h3-4,7,13H,1-2,5-6,8-9,12H2. The molecule has 0 atom stereocenters. The topological polar surface area (TPSA) is 38.0 Å². The normalized spacial score (nSPS) is 20.1. The largest absolute Gasteiger partial charge is 0.324 e. The van der Waals surface area contributed by atoms with E-state index >= 15 is 0 Å². The molecular formula is C11H18N2S. The third-order valence-corrected chi connectivity index (χ3v) is 3.83. The van der Waals surface area contributed by atoms with E-state index in [1.54, 1.807) is 11.3 Å². The first-order valence-electron chi connectivity index (χ1n) is 5.31. The van der Waals surface area contributed by atoms with Crippen LogP contribution in [0.3, 0.4) is 0 Å². The van der Waals surface area contributed by atoms with Gasteiger partial charge in [-0.1, -0.05) is 18.9 Å².